The van der Waals surface area contributed by atoms with Gasteiger partial charge in [-0.3, -0.25) is 10.1 Å². The fourth-order valence-corrected chi connectivity index (χ4v) is 5.45. The number of aromatic nitrogens is 4. The average molecular weight is 596 g/mol. The molecule has 0 fully saturated rings. The van der Waals surface area contributed by atoms with Gasteiger partial charge in [-0.25, -0.2) is 0 Å². The van der Waals surface area contributed by atoms with Crippen molar-refractivity contribution in [3.8, 4) is 16.3 Å². The fraction of sp³-hybridized carbons (Fsp3) is 0.150. The van der Waals surface area contributed by atoms with Gasteiger partial charge in [0.15, 0.2) is 10.9 Å². The maximum Gasteiger partial charge on any atom is 0.261 e. The highest BCUT2D eigenvalue weighted by Crippen LogP contribution is 2.33. The number of ether oxygens (including phenoxy) is 1. The summed E-state index contributed by atoms with van der Waals surface area (Å²) in [7, 11) is 1.50. The van der Waals surface area contributed by atoms with E-state index in [9.17, 15) is 4.79 Å². The number of fused-ring (bicyclic) bond motifs is 1. The minimum atomic E-state index is -0.390. The van der Waals surface area contributed by atoms with Crippen LogP contribution in [-0.2, 0) is 0 Å². The number of benzene rings is 2. The smallest absolute Gasteiger partial charge is 0.261 e. The van der Waals surface area contributed by atoms with Gasteiger partial charge in [0, 0.05) is 15.7 Å². The number of hydrogen-bond donors (Lipinski definition) is 2. The third kappa shape index (κ3) is 4.53. The van der Waals surface area contributed by atoms with Crippen LogP contribution in [0.2, 0.25) is 0 Å². The van der Waals surface area contributed by atoms with Gasteiger partial charge in [-0.1, -0.05) is 39.4 Å². The van der Waals surface area contributed by atoms with Gasteiger partial charge in [0.1, 0.15) is 10.8 Å². The third-order valence-electron chi connectivity index (χ3n) is 4.56. The number of thiocarbonyl (C=S) groups is 1. The summed E-state index contributed by atoms with van der Waals surface area (Å²) >= 11 is 13.6. The number of amides is 1. The highest BCUT2D eigenvalue weighted by atomic mass is 79.9. The topological polar surface area (TPSA) is 93.4 Å². The first-order chi connectivity index (χ1) is 15.3. The van der Waals surface area contributed by atoms with Crippen LogP contribution in [0, 0.1) is 13.8 Å². The van der Waals surface area contributed by atoms with Crippen molar-refractivity contribution in [2.75, 3.05) is 12.4 Å². The minimum absolute atomic E-state index is 0.169. The van der Waals surface area contributed by atoms with Gasteiger partial charge in [0.2, 0.25) is 4.96 Å². The summed E-state index contributed by atoms with van der Waals surface area (Å²) < 4.78 is 8.45. The number of nitrogens with one attached hydrogen (secondary N) is 2. The second kappa shape index (κ2) is 9.22. The molecule has 12 heteroatoms. The quantitative estimate of drug-likeness (QED) is 0.316. The van der Waals surface area contributed by atoms with E-state index in [2.05, 4.69) is 57.8 Å². The van der Waals surface area contributed by atoms with Crippen molar-refractivity contribution in [3.05, 3.63) is 56.2 Å². The molecule has 2 heterocycles. The summed E-state index contributed by atoms with van der Waals surface area (Å²) in [5.74, 6) is 0.760. The number of carbonyl (C=O) groups excluding carboxylic acids is 1. The second-order valence-corrected chi connectivity index (χ2v) is 9.89. The number of nitrogens with zero attached hydrogens (tertiary/aromatic N) is 4. The van der Waals surface area contributed by atoms with E-state index in [0.717, 1.165) is 37.1 Å². The molecule has 2 aromatic heterocycles. The zero-order valence-corrected chi connectivity index (χ0v) is 21.9. The first-order valence-corrected chi connectivity index (χ1v) is 12.0. The molecule has 0 unspecified atom stereocenters. The van der Waals surface area contributed by atoms with E-state index in [1.54, 1.807) is 16.6 Å². The Hall–Kier alpha value is -2.41. The Balaban J connectivity index is 1.55. The van der Waals surface area contributed by atoms with E-state index < -0.39 is 0 Å². The highest BCUT2D eigenvalue weighted by molar-refractivity contribution is 9.11. The van der Waals surface area contributed by atoms with Crippen LogP contribution in [0.15, 0.2) is 39.3 Å². The summed E-state index contributed by atoms with van der Waals surface area (Å²) in [6, 6.07) is 9.35. The van der Waals surface area contributed by atoms with Crippen LogP contribution in [0.4, 0.5) is 5.69 Å². The normalized spacial score (nSPS) is 10.9. The molecular formula is C20H16Br2N6O2S2. The molecule has 0 radical (unpaired) electrons. The summed E-state index contributed by atoms with van der Waals surface area (Å²) in [6.07, 6.45) is 0. The molecule has 0 aliphatic heterocycles. The number of aryl methyl sites for hydroxylation is 2. The number of carbonyl (C=O) groups is 1. The van der Waals surface area contributed by atoms with Crippen LogP contribution in [0.5, 0.6) is 5.75 Å². The largest absolute Gasteiger partial charge is 0.495 e. The van der Waals surface area contributed by atoms with Gasteiger partial charge in [-0.05, 0) is 65.8 Å². The first kappa shape index (κ1) is 22.8. The van der Waals surface area contributed by atoms with Gasteiger partial charge >= 0.3 is 0 Å². The van der Waals surface area contributed by atoms with Gasteiger partial charge in [-0.15, -0.1) is 10.2 Å². The molecular weight excluding hydrogens is 580 g/mol. The van der Waals surface area contributed by atoms with Crippen LogP contribution in [0.25, 0.3) is 15.5 Å². The molecule has 0 bridgehead atoms. The van der Waals surface area contributed by atoms with Gasteiger partial charge in [-0.2, -0.15) is 9.61 Å². The molecule has 0 saturated carbocycles. The predicted molar refractivity (Wildman–Crippen MR) is 136 cm³/mol. The number of methoxy groups -OCH3 is 1. The van der Waals surface area contributed by atoms with E-state index in [1.807, 2.05) is 32.0 Å². The van der Waals surface area contributed by atoms with E-state index in [1.165, 1.54) is 18.4 Å². The third-order valence-corrected chi connectivity index (χ3v) is 6.76. The molecule has 4 rings (SSSR count). The van der Waals surface area contributed by atoms with Crippen molar-refractivity contribution in [1.82, 2.24) is 25.1 Å². The average Bonchev–Trinajstić information content (AvgIpc) is 3.31. The van der Waals surface area contributed by atoms with Crippen LogP contribution >= 0.6 is 55.4 Å². The molecule has 0 atom stereocenters. The SMILES string of the molecule is COc1c(Br)cc(Br)cc1C(=O)NC(=S)Nc1cc(-c2nn3c(C)nnc3s2)ccc1C. The lowest BCUT2D eigenvalue weighted by atomic mass is 10.1. The van der Waals surface area contributed by atoms with E-state index in [4.69, 9.17) is 17.0 Å². The van der Waals surface area contributed by atoms with Crippen LogP contribution in [0.3, 0.4) is 0 Å². The number of halogens is 2. The van der Waals surface area contributed by atoms with Gasteiger partial charge in [0.05, 0.1) is 17.1 Å². The molecule has 8 nitrogen and oxygen atoms in total. The van der Waals surface area contributed by atoms with Crippen LogP contribution in [0.1, 0.15) is 21.7 Å². The standard InChI is InChI=1S/C20H16Br2N6O2S2/c1-9-4-5-11(18-27-28-10(2)25-26-20(28)32-18)6-15(9)23-19(31)24-17(29)13-7-12(21)8-14(22)16(13)30-3/h4-8H,1-3H3,(H2,23,24,29,31). The molecule has 164 valence electrons. The van der Waals surface area contributed by atoms with Crippen molar-refractivity contribution in [3.63, 3.8) is 0 Å². The monoisotopic (exact) mass is 594 g/mol. The van der Waals surface area contributed by atoms with Crippen molar-refractivity contribution in [1.29, 1.82) is 0 Å². The molecule has 2 N–H and O–H groups in total. The maximum atomic E-state index is 12.8. The van der Waals surface area contributed by atoms with E-state index in [-0.39, 0.29) is 11.0 Å². The predicted octanol–water partition coefficient (Wildman–Crippen LogP) is 5.13. The Bertz CT molecular complexity index is 1370. The van der Waals surface area contributed by atoms with E-state index >= 15 is 0 Å². The van der Waals surface area contributed by atoms with Crippen LogP contribution < -0.4 is 15.4 Å². The lowest BCUT2D eigenvalue weighted by molar-refractivity contribution is 0.0974. The fourth-order valence-electron chi connectivity index (χ4n) is 2.98. The van der Waals surface area contributed by atoms with Crippen molar-refractivity contribution in [2.24, 2.45) is 0 Å². The lowest BCUT2D eigenvalue weighted by Gasteiger charge is -2.14. The molecule has 0 aliphatic carbocycles. The first-order valence-electron chi connectivity index (χ1n) is 9.22. The molecule has 0 aliphatic rings. The molecule has 0 saturated heterocycles. The molecule has 1 amide bonds. The number of rotatable bonds is 4. The van der Waals surface area contributed by atoms with Crippen molar-refractivity contribution < 1.29 is 9.53 Å². The van der Waals surface area contributed by atoms with Crippen molar-refractivity contribution >= 4 is 77.1 Å². The molecule has 32 heavy (non-hydrogen) atoms. The molecule has 4 aromatic rings. The summed E-state index contributed by atoms with van der Waals surface area (Å²) in [6.45, 7) is 3.80. The second-order valence-electron chi connectivity index (χ2n) is 6.76. The Morgan fingerprint density at radius 1 is 1.19 bits per heavy atom. The zero-order valence-electron chi connectivity index (χ0n) is 17.1. The lowest BCUT2D eigenvalue weighted by Crippen LogP contribution is -2.34. The summed E-state index contributed by atoms with van der Waals surface area (Å²) in [5, 5.41) is 19.5. The number of anilines is 1. The van der Waals surface area contributed by atoms with Gasteiger partial charge < -0.3 is 10.1 Å². The van der Waals surface area contributed by atoms with Crippen LogP contribution in [-0.4, -0.2) is 37.9 Å². The van der Waals surface area contributed by atoms with Crippen molar-refractivity contribution in [2.45, 2.75) is 13.8 Å². The minimum Gasteiger partial charge on any atom is -0.495 e. The highest BCUT2D eigenvalue weighted by Gasteiger charge is 2.18. The molecule has 2 aromatic carbocycles. The summed E-state index contributed by atoms with van der Waals surface area (Å²) in [4.78, 5) is 13.5. The Labute approximate surface area is 209 Å². The maximum absolute atomic E-state index is 12.8. The summed E-state index contributed by atoms with van der Waals surface area (Å²) in [5.41, 5.74) is 2.98. The van der Waals surface area contributed by atoms with Gasteiger partial charge in [0.25, 0.3) is 5.91 Å². The Kier molecular flexibility index (Phi) is 6.56. The zero-order chi connectivity index (χ0) is 23.0. The molecule has 0 spiro atoms. The Morgan fingerprint density at radius 3 is 2.69 bits per heavy atom. The Morgan fingerprint density at radius 2 is 1.97 bits per heavy atom. The van der Waals surface area contributed by atoms with E-state index in [0.29, 0.717) is 15.8 Å². The number of hydrogen-bond acceptors (Lipinski definition) is 7.